The molecule has 1 aromatic rings. The van der Waals surface area contributed by atoms with Crippen LogP contribution in [0.4, 0.5) is 5.69 Å². The van der Waals surface area contributed by atoms with E-state index in [1.54, 1.807) is 4.90 Å². The fourth-order valence-electron chi connectivity index (χ4n) is 2.68. The van der Waals surface area contributed by atoms with Gasteiger partial charge in [0.2, 0.25) is 5.91 Å². The van der Waals surface area contributed by atoms with Crippen LogP contribution in [0.1, 0.15) is 24.0 Å². The second kappa shape index (κ2) is 7.40. The van der Waals surface area contributed by atoms with Crippen molar-refractivity contribution in [3.8, 4) is 0 Å². The van der Waals surface area contributed by atoms with Crippen LogP contribution < -0.4 is 4.90 Å². The Morgan fingerprint density at radius 1 is 1.27 bits per heavy atom. The lowest BCUT2D eigenvalue weighted by Crippen LogP contribution is -2.34. The average molecular weight is 321 g/mol. The Kier molecular flexibility index (Phi) is 5.78. The highest BCUT2D eigenvalue weighted by Crippen LogP contribution is 2.31. The first-order chi connectivity index (χ1) is 10.4. The molecular formula is C17H27NO3Si. The first kappa shape index (κ1) is 17.2. The molecule has 1 N–H and O–H groups in total. The van der Waals surface area contributed by atoms with Gasteiger partial charge in [-0.15, -0.1) is 0 Å². The lowest BCUT2D eigenvalue weighted by molar-refractivity contribution is -0.119. The van der Waals surface area contributed by atoms with Crippen LogP contribution in [0.25, 0.3) is 0 Å². The summed E-state index contributed by atoms with van der Waals surface area (Å²) < 4.78 is 5.79. The van der Waals surface area contributed by atoms with E-state index in [0.717, 1.165) is 35.7 Å². The summed E-state index contributed by atoms with van der Waals surface area (Å²) in [5.41, 5.74) is 2.80. The number of benzene rings is 1. The van der Waals surface area contributed by atoms with E-state index in [-0.39, 0.29) is 19.2 Å². The number of amides is 1. The highest BCUT2D eigenvalue weighted by atomic mass is 28.3. The van der Waals surface area contributed by atoms with E-state index in [1.807, 2.05) is 18.2 Å². The molecule has 1 amide bonds. The lowest BCUT2D eigenvalue weighted by atomic mass is 10.0. The van der Waals surface area contributed by atoms with Crippen molar-refractivity contribution in [1.82, 2.24) is 0 Å². The smallest absolute Gasteiger partial charge is 0.228 e. The van der Waals surface area contributed by atoms with Gasteiger partial charge in [0.05, 0.1) is 12.3 Å². The molecule has 0 saturated heterocycles. The molecule has 5 heteroatoms. The van der Waals surface area contributed by atoms with E-state index in [1.165, 1.54) is 0 Å². The van der Waals surface area contributed by atoms with Crippen molar-refractivity contribution in [3.05, 3.63) is 29.3 Å². The average Bonchev–Trinajstić information content (AvgIpc) is 2.61. The van der Waals surface area contributed by atoms with E-state index in [4.69, 9.17) is 4.74 Å². The Morgan fingerprint density at radius 2 is 2.05 bits per heavy atom. The second-order valence-electron chi connectivity index (χ2n) is 7.11. The van der Waals surface area contributed by atoms with Gasteiger partial charge in [-0.1, -0.05) is 37.8 Å². The Hall–Kier alpha value is -1.17. The second-order valence-corrected chi connectivity index (χ2v) is 12.7. The molecule has 1 aromatic carbocycles. The number of nitrogens with zero attached hydrogens (tertiary/aromatic N) is 1. The zero-order valence-electron chi connectivity index (χ0n) is 13.9. The molecule has 1 heterocycles. The third kappa shape index (κ3) is 4.41. The van der Waals surface area contributed by atoms with Gasteiger partial charge in [0, 0.05) is 26.7 Å². The standard InChI is InChI=1S/C17H27NO3Si/c1-22(2,3)11-10-21-13-18-16(20)9-5-7-14-6-4-8-15(12-19)17(14)18/h4,6,8,19H,5,7,9-13H2,1-3H3. The molecule has 0 saturated carbocycles. The van der Waals surface area contributed by atoms with Crippen LogP contribution in [0.5, 0.6) is 0 Å². The maximum absolute atomic E-state index is 12.4. The zero-order chi connectivity index (χ0) is 16.2. The van der Waals surface area contributed by atoms with Crippen LogP contribution in [0, 0.1) is 0 Å². The van der Waals surface area contributed by atoms with Crippen molar-refractivity contribution in [2.75, 3.05) is 18.2 Å². The van der Waals surface area contributed by atoms with Crippen LogP contribution in [0.15, 0.2) is 18.2 Å². The van der Waals surface area contributed by atoms with E-state index >= 15 is 0 Å². The van der Waals surface area contributed by atoms with Gasteiger partial charge in [-0.2, -0.15) is 0 Å². The minimum absolute atomic E-state index is 0.0537. The number of hydrogen-bond donors (Lipinski definition) is 1. The van der Waals surface area contributed by atoms with Crippen molar-refractivity contribution in [1.29, 1.82) is 0 Å². The molecule has 1 aliphatic heterocycles. The molecule has 122 valence electrons. The van der Waals surface area contributed by atoms with E-state index in [0.29, 0.717) is 13.0 Å². The molecule has 0 unspecified atom stereocenters. The number of ether oxygens (including phenoxy) is 1. The number of rotatable bonds is 6. The number of anilines is 1. The van der Waals surface area contributed by atoms with Gasteiger partial charge in [-0.05, 0) is 24.4 Å². The predicted molar refractivity (Wildman–Crippen MR) is 91.8 cm³/mol. The number of aliphatic hydroxyl groups excluding tert-OH is 1. The van der Waals surface area contributed by atoms with Crippen molar-refractivity contribution >= 4 is 19.7 Å². The topological polar surface area (TPSA) is 49.8 Å². The minimum Gasteiger partial charge on any atom is -0.392 e. The number of fused-ring (bicyclic) bond motifs is 1. The molecule has 0 fully saturated rings. The van der Waals surface area contributed by atoms with Crippen LogP contribution in [0.3, 0.4) is 0 Å². The van der Waals surface area contributed by atoms with Gasteiger partial charge >= 0.3 is 0 Å². The molecule has 4 nitrogen and oxygen atoms in total. The predicted octanol–water partition coefficient (Wildman–Crippen LogP) is 3.16. The number of carbonyl (C=O) groups is 1. The van der Waals surface area contributed by atoms with E-state index in [9.17, 15) is 9.90 Å². The largest absolute Gasteiger partial charge is 0.392 e. The quantitative estimate of drug-likeness (QED) is 0.647. The Morgan fingerprint density at radius 3 is 2.73 bits per heavy atom. The summed E-state index contributed by atoms with van der Waals surface area (Å²) >= 11 is 0. The number of aliphatic hydroxyl groups is 1. The third-order valence-corrected chi connectivity index (χ3v) is 5.70. The summed E-state index contributed by atoms with van der Waals surface area (Å²) in [6, 6.07) is 6.96. The highest BCUT2D eigenvalue weighted by molar-refractivity contribution is 6.76. The fraction of sp³-hybridized carbons (Fsp3) is 0.588. The molecule has 22 heavy (non-hydrogen) atoms. The maximum Gasteiger partial charge on any atom is 0.228 e. The SMILES string of the molecule is C[Si](C)(C)CCOCN1C(=O)CCCc2cccc(CO)c21. The number of aryl methyl sites for hydroxylation is 1. The maximum atomic E-state index is 12.4. The lowest BCUT2D eigenvalue weighted by Gasteiger charge is -2.26. The summed E-state index contributed by atoms with van der Waals surface area (Å²) in [5.74, 6) is 0.0904. The third-order valence-electron chi connectivity index (χ3n) is 4.00. The molecular weight excluding hydrogens is 294 g/mol. The zero-order valence-corrected chi connectivity index (χ0v) is 14.9. The number of hydrogen-bond acceptors (Lipinski definition) is 3. The summed E-state index contributed by atoms with van der Waals surface area (Å²) in [4.78, 5) is 14.1. The molecule has 0 spiro atoms. The Labute approximate surface area is 134 Å². The molecule has 0 aromatic heterocycles. The van der Waals surface area contributed by atoms with E-state index in [2.05, 4.69) is 19.6 Å². The van der Waals surface area contributed by atoms with Gasteiger partial charge in [-0.3, -0.25) is 9.69 Å². The molecule has 0 bridgehead atoms. The summed E-state index contributed by atoms with van der Waals surface area (Å²) in [5, 5.41) is 9.59. The Bertz CT molecular complexity index is 525. The van der Waals surface area contributed by atoms with Crippen LogP contribution in [0.2, 0.25) is 25.7 Å². The number of carbonyl (C=O) groups excluding carboxylic acids is 1. The van der Waals surface area contributed by atoms with Gasteiger partial charge < -0.3 is 9.84 Å². The molecule has 0 aliphatic carbocycles. The monoisotopic (exact) mass is 321 g/mol. The first-order valence-corrected chi connectivity index (χ1v) is 11.7. The summed E-state index contributed by atoms with van der Waals surface area (Å²) in [6.45, 7) is 7.86. The number of para-hydroxylation sites is 1. The van der Waals surface area contributed by atoms with Gasteiger partial charge in [0.1, 0.15) is 6.73 Å². The van der Waals surface area contributed by atoms with Crippen molar-refractivity contribution < 1.29 is 14.6 Å². The van der Waals surface area contributed by atoms with Crippen molar-refractivity contribution in [2.24, 2.45) is 0 Å². The molecule has 2 rings (SSSR count). The van der Waals surface area contributed by atoms with Gasteiger partial charge in [0.15, 0.2) is 0 Å². The van der Waals surface area contributed by atoms with Crippen molar-refractivity contribution in [3.63, 3.8) is 0 Å². The van der Waals surface area contributed by atoms with Crippen LogP contribution in [-0.4, -0.2) is 32.4 Å². The summed E-state index contributed by atoms with van der Waals surface area (Å²) in [7, 11) is -1.13. The normalized spacial score (nSPS) is 15.6. The van der Waals surface area contributed by atoms with Crippen LogP contribution in [-0.2, 0) is 22.6 Å². The van der Waals surface area contributed by atoms with E-state index < -0.39 is 8.07 Å². The van der Waals surface area contributed by atoms with Gasteiger partial charge in [-0.25, -0.2) is 0 Å². The van der Waals surface area contributed by atoms with Crippen molar-refractivity contribution in [2.45, 2.75) is 51.6 Å². The summed E-state index contributed by atoms with van der Waals surface area (Å²) in [6.07, 6.45) is 2.27. The molecule has 0 radical (unpaired) electrons. The van der Waals surface area contributed by atoms with Gasteiger partial charge in [0.25, 0.3) is 0 Å². The Balaban J connectivity index is 2.14. The highest BCUT2D eigenvalue weighted by Gasteiger charge is 2.24. The first-order valence-electron chi connectivity index (χ1n) is 8.02. The minimum atomic E-state index is -1.13. The fourth-order valence-corrected chi connectivity index (χ4v) is 3.44. The van der Waals surface area contributed by atoms with Crippen LogP contribution >= 0.6 is 0 Å². The molecule has 0 atom stereocenters. The molecule has 1 aliphatic rings.